The number of thioether (sulfide) groups is 1. The van der Waals surface area contributed by atoms with Crippen molar-refractivity contribution < 1.29 is 29.5 Å². The summed E-state index contributed by atoms with van der Waals surface area (Å²) >= 11 is 1.55. The first-order chi connectivity index (χ1) is 16.1. The third-order valence-electron chi connectivity index (χ3n) is 6.97. The smallest absolute Gasteiger partial charge is 0.356 e. The fourth-order valence-electron chi connectivity index (χ4n) is 5.11. The van der Waals surface area contributed by atoms with Gasteiger partial charge in [0.2, 0.25) is 5.91 Å². The molecule has 1 aromatic carbocycles. The van der Waals surface area contributed by atoms with Crippen LogP contribution in [0.5, 0.6) is 0 Å². The van der Waals surface area contributed by atoms with Crippen LogP contribution < -0.4 is 0 Å². The molecule has 34 heavy (non-hydrogen) atoms. The van der Waals surface area contributed by atoms with Crippen molar-refractivity contribution in [3.8, 4) is 0 Å². The van der Waals surface area contributed by atoms with Gasteiger partial charge in [-0.2, -0.15) is 0 Å². The van der Waals surface area contributed by atoms with Crippen LogP contribution in [-0.4, -0.2) is 80.4 Å². The first-order valence-corrected chi connectivity index (χ1v) is 12.2. The van der Waals surface area contributed by atoms with Gasteiger partial charge in [0.05, 0.1) is 29.6 Å². The highest BCUT2D eigenvalue weighted by atomic mass is 32.2. The largest absolute Gasteiger partial charge is 0.456 e. The number of nitro groups is 1. The lowest BCUT2D eigenvalue weighted by molar-refractivity contribution is -0.384. The number of carbonyl (C=O) groups is 2. The monoisotopic (exact) mass is 491 g/mol. The summed E-state index contributed by atoms with van der Waals surface area (Å²) in [5.41, 5.74) is 0.764. The number of likely N-dealkylation sites (N-methyl/N-ethyl adjacent to an activating group) is 1. The Morgan fingerprint density at radius 1 is 1.35 bits per heavy atom. The molecule has 0 aromatic heterocycles. The van der Waals surface area contributed by atoms with Gasteiger partial charge in [0.25, 0.3) is 5.69 Å². The molecule has 3 heterocycles. The summed E-state index contributed by atoms with van der Waals surface area (Å²) in [6.07, 6.45) is -0.0633. The van der Waals surface area contributed by atoms with E-state index in [9.17, 15) is 29.9 Å². The predicted molar refractivity (Wildman–Crippen MR) is 124 cm³/mol. The SMILES string of the molecule is CC(O)[C@H]1C(=O)N2C(C(=O)OCc3ccc([N+](=O)[O-])cc3)=C(SC3CC(CO)N(C)C3)[C@@H](C)[C@H]12. The zero-order chi connectivity index (χ0) is 24.7. The summed E-state index contributed by atoms with van der Waals surface area (Å²) in [7, 11) is 1.95. The number of nitrogens with zero attached hydrogens (tertiary/aromatic N) is 3. The molecule has 3 aliphatic rings. The minimum atomic E-state index is -0.825. The van der Waals surface area contributed by atoms with Gasteiger partial charge in [-0.05, 0) is 38.1 Å². The number of hydrogen-bond donors (Lipinski definition) is 2. The molecular weight excluding hydrogens is 462 g/mol. The molecule has 0 spiro atoms. The molecule has 184 valence electrons. The molecule has 2 fully saturated rings. The van der Waals surface area contributed by atoms with Gasteiger partial charge in [0, 0.05) is 40.8 Å². The second kappa shape index (κ2) is 9.65. The number of non-ortho nitro benzene ring substituents is 1. The van der Waals surface area contributed by atoms with Crippen molar-refractivity contribution >= 4 is 29.3 Å². The van der Waals surface area contributed by atoms with E-state index in [-0.39, 0.29) is 53.8 Å². The van der Waals surface area contributed by atoms with Crippen molar-refractivity contribution in [3.63, 3.8) is 0 Å². The summed E-state index contributed by atoms with van der Waals surface area (Å²) in [4.78, 5) is 40.7. The van der Waals surface area contributed by atoms with Crippen LogP contribution in [0.25, 0.3) is 0 Å². The second-order valence-electron chi connectivity index (χ2n) is 9.22. The molecule has 3 unspecified atom stereocenters. The minimum absolute atomic E-state index is 0.0521. The number of aliphatic hydroxyl groups excluding tert-OH is 2. The third-order valence-corrected chi connectivity index (χ3v) is 8.47. The normalized spacial score (nSPS) is 29.7. The fraction of sp³-hybridized carbons (Fsp3) is 0.565. The average Bonchev–Trinajstić information content (AvgIpc) is 3.27. The summed E-state index contributed by atoms with van der Waals surface area (Å²) < 4.78 is 5.53. The van der Waals surface area contributed by atoms with Crippen LogP contribution in [0.1, 0.15) is 25.8 Å². The van der Waals surface area contributed by atoms with Crippen molar-refractivity contribution in [2.24, 2.45) is 11.8 Å². The molecule has 1 aromatic rings. The summed E-state index contributed by atoms with van der Waals surface area (Å²) in [5.74, 6) is -1.62. The van der Waals surface area contributed by atoms with E-state index in [0.29, 0.717) is 5.56 Å². The standard InChI is InChI=1S/C23H29N3O7S/c1-12-19-18(13(2)28)22(29)25(19)20(21(12)34-17-8-16(10-27)24(3)9-17)23(30)33-11-14-4-6-15(7-5-14)26(31)32/h4-7,12-13,16-19,27-28H,8-11H2,1-3H3/t12-,13?,16?,17?,18+,19+/m0/s1. The Morgan fingerprint density at radius 2 is 2.03 bits per heavy atom. The van der Waals surface area contributed by atoms with E-state index >= 15 is 0 Å². The number of esters is 1. The zero-order valence-electron chi connectivity index (χ0n) is 19.3. The number of likely N-dealkylation sites (tertiary alicyclic amines) is 1. The molecule has 0 saturated carbocycles. The molecule has 3 aliphatic heterocycles. The van der Waals surface area contributed by atoms with Crippen molar-refractivity contribution in [2.75, 3.05) is 20.2 Å². The molecule has 4 rings (SSSR count). The lowest BCUT2D eigenvalue weighted by atomic mass is 9.79. The highest BCUT2D eigenvalue weighted by molar-refractivity contribution is 8.03. The van der Waals surface area contributed by atoms with Crippen molar-refractivity contribution in [1.82, 2.24) is 9.80 Å². The molecule has 10 nitrogen and oxygen atoms in total. The van der Waals surface area contributed by atoms with Crippen LogP contribution in [0.3, 0.4) is 0 Å². The molecule has 6 atom stereocenters. The number of benzene rings is 1. The molecule has 2 N–H and O–H groups in total. The molecule has 0 radical (unpaired) electrons. The maximum atomic E-state index is 13.2. The lowest BCUT2D eigenvalue weighted by Gasteiger charge is -2.46. The highest BCUT2D eigenvalue weighted by Crippen LogP contribution is 2.52. The van der Waals surface area contributed by atoms with Crippen LogP contribution in [0.4, 0.5) is 5.69 Å². The maximum Gasteiger partial charge on any atom is 0.356 e. The zero-order valence-corrected chi connectivity index (χ0v) is 20.1. The van der Waals surface area contributed by atoms with Gasteiger partial charge in [-0.3, -0.25) is 19.8 Å². The Balaban J connectivity index is 1.55. The first-order valence-electron chi connectivity index (χ1n) is 11.3. The number of aliphatic hydroxyl groups is 2. The first kappa shape index (κ1) is 24.6. The van der Waals surface area contributed by atoms with Crippen molar-refractivity contribution in [3.05, 3.63) is 50.5 Å². The molecule has 11 heteroatoms. The number of hydrogen-bond acceptors (Lipinski definition) is 9. The lowest BCUT2D eigenvalue weighted by Crippen LogP contribution is -2.63. The van der Waals surface area contributed by atoms with Gasteiger partial charge < -0.3 is 19.8 Å². The van der Waals surface area contributed by atoms with Crippen LogP contribution in [0.2, 0.25) is 0 Å². The van der Waals surface area contributed by atoms with E-state index in [1.54, 1.807) is 18.7 Å². The van der Waals surface area contributed by atoms with Gasteiger partial charge in [-0.1, -0.05) is 6.92 Å². The van der Waals surface area contributed by atoms with Gasteiger partial charge in [-0.25, -0.2) is 4.79 Å². The van der Waals surface area contributed by atoms with Gasteiger partial charge in [0.15, 0.2) is 0 Å². The average molecular weight is 492 g/mol. The van der Waals surface area contributed by atoms with E-state index in [2.05, 4.69) is 4.90 Å². The molecular formula is C23H29N3O7S. The Morgan fingerprint density at radius 3 is 2.59 bits per heavy atom. The van der Waals surface area contributed by atoms with E-state index in [1.807, 2.05) is 14.0 Å². The molecule has 0 bridgehead atoms. The maximum absolute atomic E-state index is 13.2. The van der Waals surface area contributed by atoms with Gasteiger partial charge >= 0.3 is 5.97 Å². The van der Waals surface area contributed by atoms with E-state index in [0.717, 1.165) is 17.9 Å². The molecule has 0 aliphatic carbocycles. The summed E-state index contributed by atoms with van der Waals surface area (Å²) in [6, 6.07) is 5.49. The number of carbonyl (C=O) groups excluding carboxylic acids is 2. The summed E-state index contributed by atoms with van der Waals surface area (Å²) in [6.45, 7) is 4.26. The molecule has 2 saturated heterocycles. The van der Waals surface area contributed by atoms with Crippen molar-refractivity contribution in [1.29, 1.82) is 0 Å². The number of β-lactam (4-membered cyclic amide) rings is 1. The fourth-order valence-corrected chi connectivity index (χ4v) is 6.74. The second-order valence-corrected chi connectivity index (χ2v) is 10.6. The minimum Gasteiger partial charge on any atom is -0.456 e. The molecule has 1 amide bonds. The van der Waals surface area contributed by atoms with E-state index in [4.69, 9.17) is 4.74 Å². The topological polar surface area (TPSA) is 133 Å². The number of amides is 1. The van der Waals surface area contributed by atoms with Crippen LogP contribution in [-0.2, 0) is 20.9 Å². The Labute approximate surface area is 201 Å². The van der Waals surface area contributed by atoms with E-state index in [1.165, 1.54) is 29.2 Å². The van der Waals surface area contributed by atoms with Crippen LogP contribution in [0, 0.1) is 22.0 Å². The van der Waals surface area contributed by atoms with Crippen LogP contribution >= 0.6 is 11.8 Å². The Kier molecular flexibility index (Phi) is 6.99. The number of fused-ring (bicyclic) bond motifs is 1. The van der Waals surface area contributed by atoms with Gasteiger partial charge in [-0.15, -0.1) is 11.8 Å². The number of ether oxygens (including phenoxy) is 1. The van der Waals surface area contributed by atoms with E-state index < -0.39 is 22.9 Å². The van der Waals surface area contributed by atoms with Crippen molar-refractivity contribution in [2.45, 2.75) is 50.3 Å². The third kappa shape index (κ3) is 4.33. The predicted octanol–water partition coefficient (Wildman–Crippen LogP) is 1.51. The number of rotatable bonds is 8. The number of nitro benzene ring substituents is 1. The quantitative estimate of drug-likeness (QED) is 0.240. The van der Waals surface area contributed by atoms with Crippen LogP contribution in [0.15, 0.2) is 34.9 Å². The Hall–Kier alpha value is -2.47. The Bertz CT molecular complexity index is 1010. The summed E-state index contributed by atoms with van der Waals surface area (Å²) in [5, 5.41) is 30.7. The highest BCUT2D eigenvalue weighted by Gasteiger charge is 2.60. The van der Waals surface area contributed by atoms with Gasteiger partial charge in [0.1, 0.15) is 12.3 Å².